The Bertz CT molecular complexity index is 552. The van der Waals surface area contributed by atoms with Crippen molar-refractivity contribution in [3.05, 3.63) is 29.8 Å². The van der Waals surface area contributed by atoms with E-state index < -0.39 is 17.6 Å². The molecule has 0 aromatic heterocycles. The van der Waals surface area contributed by atoms with Crippen LogP contribution in [-0.2, 0) is 4.79 Å². The van der Waals surface area contributed by atoms with Crippen LogP contribution in [-0.4, -0.2) is 10.8 Å². The number of thiocarbonyl (C=S) groups is 1. The third-order valence-electron chi connectivity index (χ3n) is 2.43. The quantitative estimate of drug-likeness (QED) is 0.862. The molecule has 0 radical (unpaired) electrons. The number of ketones is 1. The van der Waals surface area contributed by atoms with Crippen LogP contribution in [0.15, 0.2) is 18.2 Å². The largest absolute Gasteiger partial charge is 0.348 e. The fraction of sp³-hybridized carbons (Fsp3) is 0.308. The van der Waals surface area contributed by atoms with Gasteiger partial charge in [0.1, 0.15) is 4.99 Å². The van der Waals surface area contributed by atoms with Crippen molar-refractivity contribution in [1.82, 2.24) is 0 Å². The molecule has 0 aliphatic heterocycles. The molecule has 1 N–H and O–H groups in total. The van der Waals surface area contributed by atoms with E-state index in [4.69, 9.17) is 17.5 Å². The standard InChI is InChI=1S/C13H12F2N2OS/c1-7(2)12(18)9(6-16)13(19)17-8-3-4-10(14)11(15)5-8/h3-5,7,9H,1-2H3,(H,17,19). The fourth-order valence-corrected chi connectivity index (χ4v) is 1.66. The van der Waals surface area contributed by atoms with E-state index in [1.807, 2.05) is 6.07 Å². The monoisotopic (exact) mass is 282 g/mol. The molecule has 0 spiro atoms. The molecule has 3 nitrogen and oxygen atoms in total. The number of carbonyl (C=O) groups is 1. The molecule has 19 heavy (non-hydrogen) atoms. The molecule has 0 saturated heterocycles. The van der Waals surface area contributed by atoms with Gasteiger partial charge in [0.15, 0.2) is 23.3 Å². The van der Waals surface area contributed by atoms with Gasteiger partial charge in [-0.25, -0.2) is 8.78 Å². The number of anilines is 1. The first kappa shape index (κ1) is 15.2. The Labute approximate surface area is 115 Å². The van der Waals surface area contributed by atoms with Crippen molar-refractivity contribution in [2.75, 3.05) is 5.32 Å². The smallest absolute Gasteiger partial charge is 0.160 e. The summed E-state index contributed by atoms with van der Waals surface area (Å²) in [5.74, 6) is -3.76. The van der Waals surface area contributed by atoms with Gasteiger partial charge in [0.2, 0.25) is 0 Å². The van der Waals surface area contributed by atoms with E-state index in [1.165, 1.54) is 6.07 Å². The second-order valence-corrected chi connectivity index (χ2v) is 4.68. The maximum Gasteiger partial charge on any atom is 0.160 e. The van der Waals surface area contributed by atoms with Crippen LogP contribution < -0.4 is 5.32 Å². The summed E-state index contributed by atoms with van der Waals surface area (Å²) in [6.45, 7) is 3.32. The SMILES string of the molecule is CC(C)C(=O)C(C#N)C(=S)Nc1ccc(F)c(F)c1. The Morgan fingerprint density at radius 3 is 2.47 bits per heavy atom. The lowest BCUT2D eigenvalue weighted by molar-refractivity contribution is -0.122. The highest BCUT2D eigenvalue weighted by molar-refractivity contribution is 7.80. The number of Topliss-reactive ketones (excluding diaryl/α,β-unsaturated/α-hetero) is 1. The minimum absolute atomic E-state index is 0.0211. The Morgan fingerprint density at radius 2 is 2.00 bits per heavy atom. The minimum atomic E-state index is -1.09. The van der Waals surface area contributed by atoms with Gasteiger partial charge in [-0.1, -0.05) is 26.1 Å². The number of hydrogen-bond acceptors (Lipinski definition) is 3. The lowest BCUT2D eigenvalue weighted by Crippen LogP contribution is -2.29. The minimum Gasteiger partial charge on any atom is -0.348 e. The Balaban J connectivity index is 2.86. The van der Waals surface area contributed by atoms with Gasteiger partial charge < -0.3 is 5.32 Å². The fourth-order valence-electron chi connectivity index (χ4n) is 1.37. The molecule has 0 aliphatic carbocycles. The van der Waals surface area contributed by atoms with Gasteiger partial charge in [-0.3, -0.25) is 4.79 Å². The number of nitriles is 1. The van der Waals surface area contributed by atoms with Gasteiger partial charge in [-0.15, -0.1) is 0 Å². The molecule has 0 bridgehead atoms. The highest BCUT2D eigenvalue weighted by atomic mass is 32.1. The maximum atomic E-state index is 13.0. The van der Waals surface area contributed by atoms with E-state index in [0.29, 0.717) is 0 Å². The molecule has 1 aromatic carbocycles. The number of hydrogen-bond donors (Lipinski definition) is 1. The molecule has 0 saturated carbocycles. The van der Waals surface area contributed by atoms with Crippen LogP contribution in [0.25, 0.3) is 0 Å². The van der Waals surface area contributed by atoms with Crippen LogP contribution in [0.3, 0.4) is 0 Å². The average Bonchev–Trinajstić information content (AvgIpc) is 2.34. The van der Waals surface area contributed by atoms with Gasteiger partial charge in [-0.05, 0) is 12.1 Å². The zero-order valence-electron chi connectivity index (χ0n) is 10.4. The third-order valence-corrected chi connectivity index (χ3v) is 2.77. The van der Waals surface area contributed by atoms with E-state index in [1.54, 1.807) is 13.8 Å². The molecule has 1 rings (SSSR count). The van der Waals surface area contributed by atoms with Crippen molar-refractivity contribution in [1.29, 1.82) is 5.26 Å². The number of nitrogens with one attached hydrogen (secondary N) is 1. The zero-order valence-corrected chi connectivity index (χ0v) is 11.2. The molecule has 6 heteroatoms. The second-order valence-electron chi connectivity index (χ2n) is 4.24. The number of benzene rings is 1. The summed E-state index contributed by atoms with van der Waals surface area (Å²) in [6, 6.07) is 4.93. The van der Waals surface area contributed by atoms with E-state index in [9.17, 15) is 13.6 Å². The van der Waals surface area contributed by atoms with Gasteiger partial charge in [0, 0.05) is 17.7 Å². The van der Waals surface area contributed by atoms with Gasteiger partial charge >= 0.3 is 0 Å². The molecule has 0 heterocycles. The van der Waals surface area contributed by atoms with Gasteiger partial charge in [0.25, 0.3) is 0 Å². The van der Waals surface area contributed by atoms with Crippen LogP contribution in [0.1, 0.15) is 13.8 Å². The topological polar surface area (TPSA) is 52.9 Å². The van der Waals surface area contributed by atoms with E-state index in [0.717, 1.165) is 12.1 Å². The van der Waals surface area contributed by atoms with Crippen molar-refractivity contribution in [2.45, 2.75) is 13.8 Å². The first-order valence-corrected chi connectivity index (χ1v) is 5.97. The number of rotatable bonds is 4. The predicted octanol–water partition coefficient (Wildman–Crippen LogP) is 3.07. The molecular formula is C13H12F2N2OS. The molecule has 0 aliphatic rings. The average molecular weight is 282 g/mol. The van der Waals surface area contributed by atoms with E-state index in [-0.39, 0.29) is 22.4 Å². The molecule has 1 aromatic rings. The van der Waals surface area contributed by atoms with E-state index in [2.05, 4.69) is 5.32 Å². The molecule has 1 atom stereocenters. The summed E-state index contributed by atoms with van der Waals surface area (Å²) >= 11 is 4.96. The van der Waals surface area contributed by atoms with E-state index >= 15 is 0 Å². The van der Waals surface area contributed by atoms with Crippen molar-refractivity contribution in [3.8, 4) is 6.07 Å². The van der Waals surface area contributed by atoms with Crippen LogP contribution in [0, 0.1) is 34.8 Å². The summed E-state index contributed by atoms with van der Waals surface area (Å²) in [4.78, 5) is 11.7. The Kier molecular flexibility index (Phi) is 5.07. The van der Waals surface area contributed by atoms with Crippen molar-refractivity contribution >= 4 is 28.7 Å². The molecular weight excluding hydrogens is 270 g/mol. The van der Waals surface area contributed by atoms with Crippen LogP contribution in [0.2, 0.25) is 0 Å². The molecule has 0 fully saturated rings. The van der Waals surface area contributed by atoms with Gasteiger partial charge in [0.05, 0.1) is 6.07 Å². The summed E-state index contributed by atoms with van der Waals surface area (Å²) in [6.07, 6.45) is 0. The van der Waals surface area contributed by atoms with Crippen molar-refractivity contribution in [2.24, 2.45) is 11.8 Å². The normalized spacial score (nSPS) is 11.8. The summed E-state index contributed by atoms with van der Waals surface area (Å²) in [5, 5.41) is 11.5. The third kappa shape index (κ3) is 3.80. The highest BCUT2D eigenvalue weighted by Gasteiger charge is 2.25. The van der Waals surface area contributed by atoms with Crippen molar-refractivity contribution in [3.63, 3.8) is 0 Å². The molecule has 1 unspecified atom stereocenters. The Hall–Kier alpha value is -1.87. The van der Waals surface area contributed by atoms with Gasteiger partial charge in [-0.2, -0.15) is 5.26 Å². The van der Waals surface area contributed by atoms with Crippen LogP contribution in [0.5, 0.6) is 0 Å². The highest BCUT2D eigenvalue weighted by Crippen LogP contribution is 2.16. The summed E-state index contributed by atoms with van der Waals surface area (Å²) in [5.41, 5.74) is 0.195. The predicted molar refractivity (Wildman–Crippen MR) is 71.5 cm³/mol. The second kappa shape index (κ2) is 6.34. The lowest BCUT2D eigenvalue weighted by Gasteiger charge is -2.14. The van der Waals surface area contributed by atoms with Crippen molar-refractivity contribution < 1.29 is 13.6 Å². The first-order valence-electron chi connectivity index (χ1n) is 5.56. The summed E-state index contributed by atoms with van der Waals surface area (Å²) in [7, 11) is 0. The van der Waals surface area contributed by atoms with Crippen LogP contribution in [0.4, 0.5) is 14.5 Å². The first-order chi connectivity index (χ1) is 8.86. The maximum absolute atomic E-state index is 13.0. The molecule has 100 valence electrons. The number of halogens is 2. The zero-order chi connectivity index (χ0) is 14.6. The number of carbonyl (C=O) groups excluding carboxylic acids is 1. The summed E-state index contributed by atoms with van der Waals surface area (Å²) < 4.78 is 25.8. The molecule has 0 amide bonds. The lowest BCUT2D eigenvalue weighted by atomic mass is 9.96. The van der Waals surface area contributed by atoms with Crippen LogP contribution >= 0.6 is 12.2 Å². The Morgan fingerprint density at radius 1 is 1.37 bits per heavy atom. The number of nitrogens with zero attached hydrogens (tertiary/aromatic N) is 1.